The maximum atomic E-state index is 13.6. The molecular weight excluding hydrogens is 314 g/mol. The molecule has 1 aromatic rings. The summed E-state index contributed by atoms with van der Waals surface area (Å²) in [7, 11) is 0. The van der Waals surface area contributed by atoms with Crippen molar-refractivity contribution < 1.29 is 9.59 Å². The summed E-state index contributed by atoms with van der Waals surface area (Å²) in [5.41, 5.74) is -0.243. The van der Waals surface area contributed by atoms with Gasteiger partial charge in [0.15, 0.2) is 0 Å². The number of hydrogen-bond acceptors (Lipinski definition) is 3. The summed E-state index contributed by atoms with van der Waals surface area (Å²) in [5.74, 6) is -0.260. The molecule has 0 spiro atoms. The molecule has 0 aromatic heterocycles. The Labute approximate surface area is 150 Å². The summed E-state index contributed by atoms with van der Waals surface area (Å²) in [6.07, 6.45) is 2.30. The van der Waals surface area contributed by atoms with E-state index in [-0.39, 0.29) is 23.4 Å². The highest BCUT2D eigenvalue weighted by Gasteiger charge is 2.49. The number of benzene rings is 1. The zero-order valence-electron chi connectivity index (χ0n) is 15.6. The second-order valence-electron chi connectivity index (χ2n) is 7.74. The SMILES string of the molecule is C=CC1CC(NC(C)=O)(C(=O)N(Cc2ccccc2)C(C)(C)C)CN1. The lowest BCUT2D eigenvalue weighted by Gasteiger charge is -2.42. The molecule has 25 heavy (non-hydrogen) atoms. The molecule has 1 heterocycles. The maximum Gasteiger partial charge on any atom is 0.250 e. The van der Waals surface area contributed by atoms with Crippen LogP contribution in [0.1, 0.15) is 39.7 Å². The van der Waals surface area contributed by atoms with E-state index < -0.39 is 5.54 Å². The van der Waals surface area contributed by atoms with E-state index >= 15 is 0 Å². The van der Waals surface area contributed by atoms with Crippen LogP contribution in [0.25, 0.3) is 0 Å². The second kappa shape index (κ2) is 7.40. The van der Waals surface area contributed by atoms with Gasteiger partial charge in [0, 0.05) is 31.6 Å². The van der Waals surface area contributed by atoms with E-state index in [1.54, 1.807) is 6.08 Å². The summed E-state index contributed by atoms with van der Waals surface area (Å²) < 4.78 is 0. The van der Waals surface area contributed by atoms with Crippen LogP contribution in [0.3, 0.4) is 0 Å². The van der Waals surface area contributed by atoms with Crippen LogP contribution in [-0.2, 0) is 16.1 Å². The molecule has 0 saturated carbocycles. The first-order valence-corrected chi connectivity index (χ1v) is 8.69. The van der Waals surface area contributed by atoms with Gasteiger partial charge in [-0.25, -0.2) is 0 Å². The molecule has 1 aliphatic heterocycles. The molecule has 2 rings (SSSR count). The average molecular weight is 343 g/mol. The number of carbonyl (C=O) groups excluding carboxylic acids is 2. The van der Waals surface area contributed by atoms with Crippen LogP contribution in [0.2, 0.25) is 0 Å². The van der Waals surface area contributed by atoms with Crippen molar-refractivity contribution in [3.63, 3.8) is 0 Å². The van der Waals surface area contributed by atoms with Crippen molar-refractivity contribution >= 4 is 11.8 Å². The molecule has 2 N–H and O–H groups in total. The summed E-state index contributed by atoms with van der Waals surface area (Å²) >= 11 is 0. The van der Waals surface area contributed by atoms with Crippen LogP contribution in [-0.4, -0.2) is 40.4 Å². The van der Waals surface area contributed by atoms with Crippen molar-refractivity contribution in [2.75, 3.05) is 6.54 Å². The molecular formula is C20H29N3O2. The Morgan fingerprint density at radius 2 is 2.00 bits per heavy atom. The van der Waals surface area contributed by atoms with E-state index in [9.17, 15) is 9.59 Å². The zero-order chi connectivity index (χ0) is 18.7. The van der Waals surface area contributed by atoms with Gasteiger partial charge in [0.1, 0.15) is 5.54 Å². The van der Waals surface area contributed by atoms with Crippen molar-refractivity contribution in [1.29, 1.82) is 0 Å². The van der Waals surface area contributed by atoms with E-state index in [0.29, 0.717) is 19.5 Å². The predicted octanol–water partition coefficient (Wildman–Crippen LogP) is 2.24. The fourth-order valence-electron chi connectivity index (χ4n) is 3.28. The van der Waals surface area contributed by atoms with Crippen LogP contribution in [0.15, 0.2) is 43.0 Å². The summed E-state index contributed by atoms with van der Waals surface area (Å²) in [4.78, 5) is 27.2. The molecule has 5 heteroatoms. The Morgan fingerprint density at radius 3 is 2.48 bits per heavy atom. The van der Waals surface area contributed by atoms with E-state index in [0.717, 1.165) is 5.56 Å². The van der Waals surface area contributed by atoms with Crippen LogP contribution >= 0.6 is 0 Å². The summed E-state index contributed by atoms with van der Waals surface area (Å²) in [6.45, 7) is 12.2. The minimum atomic E-state index is -0.938. The summed E-state index contributed by atoms with van der Waals surface area (Å²) in [5, 5.41) is 6.19. The fourth-order valence-corrected chi connectivity index (χ4v) is 3.28. The van der Waals surface area contributed by atoms with Gasteiger partial charge in [-0.05, 0) is 32.8 Å². The molecule has 1 saturated heterocycles. The third kappa shape index (κ3) is 4.48. The smallest absolute Gasteiger partial charge is 0.250 e. The van der Waals surface area contributed by atoms with Gasteiger partial charge >= 0.3 is 0 Å². The number of nitrogens with one attached hydrogen (secondary N) is 2. The van der Waals surface area contributed by atoms with Gasteiger partial charge in [0.2, 0.25) is 11.8 Å². The Kier molecular flexibility index (Phi) is 5.68. The molecule has 0 radical (unpaired) electrons. The topological polar surface area (TPSA) is 61.4 Å². The number of carbonyl (C=O) groups is 2. The van der Waals surface area contributed by atoms with Crippen molar-refractivity contribution in [1.82, 2.24) is 15.5 Å². The van der Waals surface area contributed by atoms with Gasteiger partial charge in [-0.15, -0.1) is 6.58 Å². The van der Waals surface area contributed by atoms with E-state index in [2.05, 4.69) is 17.2 Å². The Hall–Kier alpha value is -2.14. The standard InChI is InChI=1S/C20H29N3O2/c1-6-17-12-20(14-21-17,22-15(2)24)18(25)23(19(3,4)5)13-16-10-8-7-9-11-16/h6-11,17,21H,1,12-14H2,2-5H3,(H,22,24). The first kappa shape index (κ1) is 19.2. The average Bonchev–Trinajstić information content (AvgIpc) is 2.95. The fraction of sp³-hybridized carbons (Fsp3) is 0.500. The van der Waals surface area contributed by atoms with Gasteiger partial charge in [-0.2, -0.15) is 0 Å². The van der Waals surface area contributed by atoms with Crippen LogP contribution in [0, 0.1) is 0 Å². The molecule has 1 aliphatic rings. The molecule has 0 aliphatic carbocycles. The number of rotatable bonds is 5. The number of hydrogen-bond donors (Lipinski definition) is 2. The first-order chi connectivity index (χ1) is 11.7. The quantitative estimate of drug-likeness (QED) is 0.806. The van der Waals surface area contributed by atoms with Crippen LogP contribution in [0.4, 0.5) is 0 Å². The highest BCUT2D eigenvalue weighted by molar-refractivity contribution is 5.92. The lowest BCUT2D eigenvalue weighted by atomic mass is 9.90. The minimum Gasteiger partial charge on any atom is -0.341 e. The molecule has 5 nitrogen and oxygen atoms in total. The molecule has 1 aromatic carbocycles. The highest BCUT2D eigenvalue weighted by Crippen LogP contribution is 2.28. The van der Waals surface area contributed by atoms with Crippen molar-refractivity contribution in [3.05, 3.63) is 48.6 Å². The van der Waals surface area contributed by atoms with Gasteiger partial charge in [0.25, 0.3) is 0 Å². The van der Waals surface area contributed by atoms with Gasteiger partial charge < -0.3 is 15.5 Å². The number of nitrogens with zero attached hydrogens (tertiary/aromatic N) is 1. The monoisotopic (exact) mass is 343 g/mol. The third-order valence-electron chi connectivity index (χ3n) is 4.58. The minimum absolute atomic E-state index is 0.00865. The largest absolute Gasteiger partial charge is 0.341 e. The molecule has 2 atom stereocenters. The Morgan fingerprint density at radius 1 is 1.36 bits per heavy atom. The second-order valence-corrected chi connectivity index (χ2v) is 7.74. The predicted molar refractivity (Wildman–Crippen MR) is 99.9 cm³/mol. The summed E-state index contributed by atoms with van der Waals surface area (Å²) in [6, 6.07) is 9.92. The molecule has 0 bridgehead atoms. The van der Waals surface area contributed by atoms with Crippen LogP contribution < -0.4 is 10.6 Å². The van der Waals surface area contributed by atoms with Crippen molar-refractivity contribution in [2.24, 2.45) is 0 Å². The lowest BCUT2D eigenvalue weighted by molar-refractivity contribution is -0.146. The zero-order valence-corrected chi connectivity index (χ0v) is 15.6. The van der Waals surface area contributed by atoms with E-state index in [1.807, 2.05) is 56.0 Å². The highest BCUT2D eigenvalue weighted by atomic mass is 16.2. The van der Waals surface area contributed by atoms with Crippen LogP contribution in [0.5, 0.6) is 0 Å². The lowest BCUT2D eigenvalue weighted by Crippen LogP contribution is -2.63. The van der Waals surface area contributed by atoms with Gasteiger partial charge in [-0.3, -0.25) is 9.59 Å². The Balaban J connectivity index is 2.35. The number of amides is 2. The molecule has 2 unspecified atom stereocenters. The molecule has 136 valence electrons. The molecule has 1 fully saturated rings. The van der Waals surface area contributed by atoms with Gasteiger partial charge in [0.05, 0.1) is 0 Å². The third-order valence-corrected chi connectivity index (χ3v) is 4.58. The molecule has 2 amide bonds. The van der Waals surface area contributed by atoms with E-state index in [4.69, 9.17) is 0 Å². The normalized spacial score (nSPS) is 23.1. The van der Waals surface area contributed by atoms with Crippen molar-refractivity contribution in [3.8, 4) is 0 Å². The maximum absolute atomic E-state index is 13.6. The van der Waals surface area contributed by atoms with Crippen molar-refractivity contribution in [2.45, 2.75) is 57.8 Å². The van der Waals surface area contributed by atoms with E-state index in [1.165, 1.54) is 6.92 Å². The Bertz CT molecular complexity index is 636. The first-order valence-electron chi connectivity index (χ1n) is 8.69. The van der Waals surface area contributed by atoms with Gasteiger partial charge in [-0.1, -0.05) is 36.4 Å².